The molecule has 1 aliphatic carbocycles. The highest BCUT2D eigenvalue weighted by Gasteiger charge is 2.26. The number of hydrogen-bond acceptors (Lipinski definition) is 3. The zero-order valence-corrected chi connectivity index (χ0v) is 7.51. The Morgan fingerprint density at radius 1 is 1.43 bits per heavy atom. The molecule has 0 aromatic carbocycles. The van der Waals surface area contributed by atoms with Crippen molar-refractivity contribution in [3.63, 3.8) is 0 Å². The summed E-state index contributed by atoms with van der Waals surface area (Å²) in [6.45, 7) is 0. The Morgan fingerprint density at radius 2 is 2.29 bits per heavy atom. The summed E-state index contributed by atoms with van der Waals surface area (Å²) in [6, 6.07) is 4.44. The van der Waals surface area contributed by atoms with Crippen LogP contribution in [0, 0.1) is 11.3 Å². The molecule has 2 aromatic heterocycles. The number of hydrogen-bond donors (Lipinski definition) is 0. The highest BCUT2D eigenvalue weighted by Crippen LogP contribution is 2.35. The van der Waals surface area contributed by atoms with E-state index in [1.54, 1.807) is 12.4 Å². The van der Waals surface area contributed by atoms with Crippen molar-refractivity contribution in [1.82, 2.24) is 14.8 Å². The molecule has 2 aromatic rings. The van der Waals surface area contributed by atoms with Crippen molar-refractivity contribution < 1.29 is 0 Å². The van der Waals surface area contributed by atoms with Crippen molar-refractivity contribution in [2.75, 3.05) is 0 Å². The highest BCUT2D eigenvalue weighted by molar-refractivity contribution is 5.75. The van der Waals surface area contributed by atoms with Crippen LogP contribution in [0.5, 0.6) is 0 Å². The van der Waals surface area contributed by atoms with Gasteiger partial charge >= 0.3 is 0 Å². The minimum atomic E-state index is 0.535. The minimum absolute atomic E-state index is 0.535. The fraction of sp³-hybridized carbons (Fsp3) is 0.300. The first-order chi connectivity index (χ1) is 6.88. The summed E-state index contributed by atoms with van der Waals surface area (Å²) in [5.74, 6) is 0. The van der Waals surface area contributed by atoms with Crippen LogP contribution in [0.15, 0.2) is 18.5 Å². The quantitative estimate of drug-likeness (QED) is 0.676. The molecule has 4 nitrogen and oxygen atoms in total. The third kappa shape index (κ3) is 0.990. The zero-order valence-electron chi connectivity index (χ0n) is 7.51. The van der Waals surface area contributed by atoms with Crippen molar-refractivity contribution in [3.05, 3.63) is 24.0 Å². The summed E-state index contributed by atoms with van der Waals surface area (Å²) in [6.07, 6.45) is 5.77. The number of nitriles is 1. The van der Waals surface area contributed by atoms with E-state index in [4.69, 9.17) is 5.26 Å². The average molecular weight is 184 g/mol. The van der Waals surface area contributed by atoms with Crippen LogP contribution in [0.1, 0.15) is 24.4 Å². The van der Waals surface area contributed by atoms with Gasteiger partial charge in [0.05, 0.1) is 17.8 Å². The monoisotopic (exact) mass is 184 g/mol. The van der Waals surface area contributed by atoms with Gasteiger partial charge in [-0.1, -0.05) is 0 Å². The van der Waals surface area contributed by atoms with E-state index in [-0.39, 0.29) is 0 Å². The number of aromatic nitrogens is 3. The fourth-order valence-electron chi connectivity index (χ4n) is 1.59. The summed E-state index contributed by atoms with van der Waals surface area (Å²) in [4.78, 5) is 4.25. The van der Waals surface area contributed by atoms with Crippen LogP contribution in [-0.2, 0) is 0 Å². The van der Waals surface area contributed by atoms with Gasteiger partial charge in [0.1, 0.15) is 6.07 Å². The van der Waals surface area contributed by atoms with Crippen molar-refractivity contribution in [2.45, 2.75) is 18.9 Å². The number of rotatable bonds is 1. The maximum Gasteiger partial charge on any atom is 0.158 e. The lowest BCUT2D eigenvalue weighted by Crippen LogP contribution is -1.96. The molecule has 0 amide bonds. The molecule has 14 heavy (non-hydrogen) atoms. The van der Waals surface area contributed by atoms with E-state index in [2.05, 4.69) is 16.2 Å². The summed E-state index contributed by atoms with van der Waals surface area (Å²) < 4.78 is 1.95. The molecule has 0 N–H and O–H groups in total. The van der Waals surface area contributed by atoms with Crippen molar-refractivity contribution in [1.29, 1.82) is 5.26 Å². The summed E-state index contributed by atoms with van der Waals surface area (Å²) in [7, 11) is 0. The molecular formula is C10H8N4. The Balaban J connectivity index is 2.23. The fourth-order valence-corrected chi connectivity index (χ4v) is 1.59. The number of fused-ring (bicyclic) bond motifs is 1. The summed E-state index contributed by atoms with van der Waals surface area (Å²) in [5.41, 5.74) is 1.49. The molecule has 2 heterocycles. The topological polar surface area (TPSA) is 54.5 Å². The summed E-state index contributed by atoms with van der Waals surface area (Å²) in [5, 5.41) is 13.9. The van der Waals surface area contributed by atoms with Crippen molar-refractivity contribution in [2.24, 2.45) is 0 Å². The van der Waals surface area contributed by atoms with E-state index >= 15 is 0 Å². The first-order valence-electron chi connectivity index (χ1n) is 4.62. The number of pyridine rings is 1. The van der Waals surface area contributed by atoms with E-state index < -0.39 is 0 Å². The minimum Gasteiger partial charge on any atom is -0.244 e. The van der Waals surface area contributed by atoms with E-state index in [0.29, 0.717) is 11.6 Å². The van der Waals surface area contributed by atoms with Crippen LogP contribution in [-0.4, -0.2) is 14.8 Å². The molecule has 1 aliphatic rings. The zero-order chi connectivity index (χ0) is 9.54. The third-order valence-corrected chi connectivity index (χ3v) is 2.46. The molecule has 0 bridgehead atoms. The van der Waals surface area contributed by atoms with Crippen molar-refractivity contribution in [3.8, 4) is 6.07 Å². The van der Waals surface area contributed by atoms with Gasteiger partial charge < -0.3 is 0 Å². The van der Waals surface area contributed by atoms with E-state index in [1.165, 1.54) is 12.8 Å². The first-order valence-corrected chi connectivity index (χ1v) is 4.62. The maximum atomic E-state index is 8.71. The Labute approximate surface area is 80.8 Å². The predicted molar refractivity (Wildman–Crippen MR) is 50.5 cm³/mol. The molecule has 0 unspecified atom stereocenters. The second-order valence-corrected chi connectivity index (χ2v) is 3.57. The smallest absolute Gasteiger partial charge is 0.158 e. The first kappa shape index (κ1) is 7.51. The van der Waals surface area contributed by atoms with Gasteiger partial charge in [0.25, 0.3) is 0 Å². The van der Waals surface area contributed by atoms with Crippen LogP contribution in [0.4, 0.5) is 0 Å². The molecule has 1 saturated carbocycles. The molecule has 1 fully saturated rings. The largest absolute Gasteiger partial charge is 0.244 e. The van der Waals surface area contributed by atoms with Crippen LogP contribution < -0.4 is 0 Å². The van der Waals surface area contributed by atoms with Gasteiger partial charge in [0.15, 0.2) is 5.65 Å². The second-order valence-electron chi connectivity index (χ2n) is 3.57. The van der Waals surface area contributed by atoms with Crippen LogP contribution in [0.3, 0.4) is 0 Å². The highest BCUT2D eigenvalue weighted by atomic mass is 15.3. The van der Waals surface area contributed by atoms with E-state index in [1.807, 2.05) is 10.7 Å². The Morgan fingerprint density at radius 3 is 3.00 bits per heavy atom. The Hall–Kier alpha value is -1.89. The van der Waals surface area contributed by atoms with Gasteiger partial charge in [-0.25, -0.2) is 9.67 Å². The van der Waals surface area contributed by atoms with Gasteiger partial charge in [0.2, 0.25) is 0 Å². The van der Waals surface area contributed by atoms with Crippen LogP contribution in [0.2, 0.25) is 0 Å². The molecule has 4 heteroatoms. The standard InChI is InChI=1S/C10H8N4/c11-4-7-3-8-6-13-14(9-1-2-9)10(8)12-5-7/h3,5-6,9H,1-2H2. The number of nitrogens with zero attached hydrogens (tertiary/aromatic N) is 4. The van der Waals surface area contributed by atoms with Gasteiger partial charge in [-0.2, -0.15) is 10.4 Å². The van der Waals surface area contributed by atoms with E-state index in [9.17, 15) is 0 Å². The third-order valence-electron chi connectivity index (χ3n) is 2.46. The molecule has 0 spiro atoms. The molecule has 68 valence electrons. The van der Waals surface area contributed by atoms with Gasteiger partial charge in [-0.05, 0) is 18.9 Å². The SMILES string of the molecule is N#Cc1cnc2c(cnn2C2CC2)c1. The normalized spacial score (nSPS) is 15.6. The Kier molecular flexibility index (Phi) is 1.37. The molecule has 3 rings (SSSR count). The lowest BCUT2D eigenvalue weighted by Gasteiger charge is -1.97. The molecule has 0 saturated heterocycles. The molecular weight excluding hydrogens is 176 g/mol. The predicted octanol–water partition coefficient (Wildman–Crippen LogP) is 1.64. The Bertz CT molecular complexity index is 531. The van der Waals surface area contributed by atoms with Gasteiger partial charge in [0, 0.05) is 11.6 Å². The lowest BCUT2D eigenvalue weighted by molar-refractivity contribution is 0.658. The molecule has 0 radical (unpaired) electrons. The van der Waals surface area contributed by atoms with E-state index in [0.717, 1.165) is 11.0 Å². The van der Waals surface area contributed by atoms with Crippen LogP contribution in [0.25, 0.3) is 11.0 Å². The van der Waals surface area contributed by atoms with Crippen LogP contribution >= 0.6 is 0 Å². The second kappa shape index (κ2) is 2.55. The van der Waals surface area contributed by atoms with Gasteiger partial charge in [-0.15, -0.1) is 0 Å². The lowest BCUT2D eigenvalue weighted by atomic mass is 10.2. The molecule has 0 atom stereocenters. The molecule has 0 aliphatic heterocycles. The van der Waals surface area contributed by atoms with Crippen molar-refractivity contribution >= 4 is 11.0 Å². The maximum absolute atomic E-state index is 8.71. The average Bonchev–Trinajstić information content (AvgIpc) is 2.98. The summed E-state index contributed by atoms with van der Waals surface area (Å²) >= 11 is 0. The van der Waals surface area contributed by atoms with Gasteiger partial charge in [-0.3, -0.25) is 0 Å².